The molecule has 1 aromatic carbocycles. The molecule has 112 valence electrons. The number of likely N-dealkylation sites (N-methyl/N-ethyl adjacent to an activating group) is 1. The maximum Gasteiger partial charge on any atom is 0.337 e. The first-order chi connectivity index (χ1) is 9.97. The van der Waals surface area contributed by atoms with E-state index in [1.807, 2.05) is 0 Å². The minimum absolute atomic E-state index is 0.0665. The van der Waals surface area contributed by atoms with E-state index in [2.05, 4.69) is 15.4 Å². The van der Waals surface area contributed by atoms with Crippen molar-refractivity contribution in [2.75, 3.05) is 31.4 Å². The number of nitrogens with one attached hydrogen (secondary N) is 2. The van der Waals surface area contributed by atoms with Gasteiger partial charge in [-0.3, -0.25) is 9.59 Å². The first kappa shape index (κ1) is 14.8. The SMILES string of the molecule is CNC(=O)CC1C(=O)Nc2cc(C(=O)OC)ccc2N1C. The molecule has 1 aromatic rings. The number of hydrogen-bond donors (Lipinski definition) is 2. The van der Waals surface area contributed by atoms with Crippen LogP contribution in [0.15, 0.2) is 18.2 Å². The molecule has 1 atom stereocenters. The van der Waals surface area contributed by atoms with Crippen molar-refractivity contribution >= 4 is 29.2 Å². The fourth-order valence-electron chi connectivity index (χ4n) is 2.26. The van der Waals surface area contributed by atoms with Crippen LogP contribution in [0.5, 0.6) is 0 Å². The standard InChI is InChI=1S/C14H17N3O4/c1-15-12(18)7-11-13(19)16-9-6-8(14(20)21-3)4-5-10(9)17(11)2/h4-6,11H,7H2,1-3H3,(H,15,18)(H,16,19). The number of carbonyl (C=O) groups is 3. The van der Waals surface area contributed by atoms with E-state index in [-0.39, 0.29) is 18.2 Å². The summed E-state index contributed by atoms with van der Waals surface area (Å²) in [5.41, 5.74) is 1.63. The van der Waals surface area contributed by atoms with Gasteiger partial charge in [-0.1, -0.05) is 0 Å². The van der Waals surface area contributed by atoms with Crippen LogP contribution >= 0.6 is 0 Å². The van der Waals surface area contributed by atoms with E-state index < -0.39 is 12.0 Å². The molecule has 2 N–H and O–H groups in total. The number of carbonyl (C=O) groups excluding carboxylic acids is 3. The number of hydrogen-bond acceptors (Lipinski definition) is 5. The molecule has 1 aliphatic rings. The van der Waals surface area contributed by atoms with Crippen molar-refractivity contribution in [2.45, 2.75) is 12.5 Å². The van der Waals surface area contributed by atoms with Crippen molar-refractivity contribution in [3.05, 3.63) is 23.8 Å². The summed E-state index contributed by atoms with van der Waals surface area (Å²) in [4.78, 5) is 36.8. The van der Waals surface area contributed by atoms with E-state index in [1.54, 1.807) is 30.1 Å². The lowest BCUT2D eigenvalue weighted by Crippen LogP contribution is -2.48. The molecule has 0 spiro atoms. The van der Waals surface area contributed by atoms with Gasteiger partial charge in [0.2, 0.25) is 11.8 Å². The number of methoxy groups -OCH3 is 1. The predicted molar refractivity (Wildman–Crippen MR) is 77.3 cm³/mol. The highest BCUT2D eigenvalue weighted by Gasteiger charge is 2.32. The zero-order valence-electron chi connectivity index (χ0n) is 12.1. The molecule has 7 heteroatoms. The normalized spacial score (nSPS) is 16.8. The largest absolute Gasteiger partial charge is 0.465 e. The molecule has 0 fully saturated rings. The quantitative estimate of drug-likeness (QED) is 0.785. The molecular formula is C14H17N3O4. The Balaban J connectivity index is 2.31. The third kappa shape index (κ3) is 2.81. The van der Waals surface area contributed by atoms with Gasteiger partial charge in [-0.05, 0) is 18.2 Å². The fourth-order valence-corrected chi connectivity index (χ4v) is 2.26. The Morgan fingerprint density at radius 1 is 1.43 bits per heavy atom. The lowest BCUT2D eigenvalue weighted by molar-refractivity contribution is -0.125. The number of amides is 2. The highest BCUT2D eigenvalue weighted by molar-refractivity contribution is 6.06. The number of rotatable bonds is 3. The molecule has 21 heavy (non-hydrogen) atoms. The summed E-state index contributed by atoms with van der Waals surface area (Å²) in [7, 11) is 4.56. The zero-order valence-corrected chi connectivity index (χ0v) is 12.1. The van der Waals surface area contributed by atoms with Crippen LogP contribution in [0, 0.1) is 0 Å². The Kier molecular flexibility index (Phi) is 4.11. The molecule has 7 nitrogen and oxygen atoms in total. The topological polar surface area (TPSA) is 87.7 Å². The van der Waals surface area contributed by atoms with Crippen LogP contribution in [0.25, 0.3) is 0 Å². The Hall–Kier alpha value is -2.57. The Labute approximate surface area is 122 Å². The van der Waals surface area contributed by atoms with Gasteiger partial charge in [0.1, 0.15) is 6.04 Å². The van der Waals surface area contributed by atoms with Crippen LogP contribution in [0.4, 0.5) is 11.4 Å². The molecule has 0 saturated heterocycles. The van der Waals surface area contributed by atoms with Crippen LogP contribution < -0.4 is 15.5 Å². The molecule has 0 saturated carbocycles. The second-order valence-corrected chi connectivity index (χ2v) is 4.72. The van der Waals surface area contributed by atoms with Gasteiger partial charge in [-0.15, -0.1) is 0 Å². The predicted octanol–water partition coefficient (Wildman–Crippen LogP) is 0.366. The van der Waals surface area contributed by atoms with Gasteiger partial charge in [-0.25, -0.2) is 4.79 Å². The molecule has 0 aromatic heterocycles. The molecule has 0 radical (unpaired) electrons. The van der Waals surface area contributed by atoms with Gasteiger partial charge < -0.3 is 20.3 Å². The van der Waals surface area contributed by atoms with E-state index in [0.717, 1.165) is 5.69 Å². The minimum atomic E-state index is -0.582. The molecule has 1 heterocycles. The maximum atomic E-state index is 12.1. The summed E-state index contributed by atoms with van der Waals surface area (Å²) in [6.07, 6.45) is 0.0665. The number of fused-ring (bicyclic) bond motifs is 1. The number of nitrogens with zero attached hydrogens (tertiary/aromatic N) is 1. The van der Waals surface area contributed by atoms with Crippen molar-refractivity contribution in [1.29, 1.82) is 0 Å². The van der Waals surface area contributed by atoms with E-state index in [0.29, 0.717) is 11.3 Å². The van der Waals surface area contributed by atoms with E-state index in [1.165, 1.54) is 14.2 Å². The van der Waals surface area contributed by atoms with Crippen molar-refractivity contribution in [3.63, 3.8) is 0 Å². The second kappa shape index (κ2) is 5.82. The number of ether oxygens (including phenoxy) is 1. The van der Waals surface area contributed by atoms with Crippen molar-refractivity contribution in [2.24, 2.45) is 0 Å². The summed E-state index contributed by atoms with van der Waals surface area (Å²) < 4.78 is 4.65. The third-order valence-electron chi connectivity index (χ3n) is 3.48. The first-order valence-electron chi connectivity index (χ1n) is 6.44. The van der Waals surface area contributed by atoms with Crippen LogP contribution in [0.2, 0.25) is 0 Å². The Morgan fingerprint density at radius 3 is 2.76 bits per heavy atom. The summed E-state index contributed by atoms with van der Waals surface area (Å²) in [6, 6.07) is 4.32. The van der Waals surface area contributed by atoms with Crippen molar-refractivity contribution in [1.82, 2.24) is 5.32 Å². The molecule has 2 rings (SSSR count). The fraction of sp³-hybridized carbons (Fsp3) is 0.357. The van der Waals surface area contributed by atoms with Gasteiger partial charge in [0, 0.05) is 14.1 Å². The Bertz CT molecular complexity index is 600. The lowest BCUT2D eigenvalue weighted by Gasteiger charge is -2.35. The Morgan fingerprint density at radius 2 is 2.14 bits per heavy atom. The monoisotopic (exact) mass is 291 g/mol. The smallest absolute Gasteiger partial charge is 0.337 e. The first-order valence-corrected chi connectivity index (χ1v) is 6.44. The van der Waals surface area contributed by atoms with Crippen LogP contribution in [0.3, 0.4) is 0 Å². The minimum Gasteiger partial charge on any atom is -0.465 e. The van der Waals surface area contributed by atoms with E-state index in [9.17, 15) is 14.4 Å². The summed E-state index contributed by atoms with van der Waals surface area (Å²) in [5, 5.41) is 5.22. The summed E-state index contributed by atoms with van der Waals surface area (Å²) >= 11 is 0. The van der Waals surface area contributed by atoms with Crippen LogP contribution in [-0.2, 0) is 14.3 Å². The van der Waals surface area contributed by atoms with Gasteiger partial charge in [0.05, 0.1) is 30.5 Å². The third-order valence-corrected chi connectivity index (χ3v) is 3.48. The van der Waals surface area contributed by atoms with E-state index >= 15 is 0 Å². The second-order valence-electron chi connectivity index (χ2n) is 4.72. The van der Waals surface area contributed by atoms with Gasteiger partial charge in [0.15, 0.2) is 0 Å². The van der Waals surface area contributed by atoms with E-state index in [4.69, 9.17) is 0 Å². The molecule has 0 bridgehead atoms. The molecule has 2 amide bonds. The summed E-state index contributed by atoms with van der Waals surface area (Å²) in [6.45, 7) is 0. The van der Waals surface area contributed by atoms with Gasteiger partial charge >= 0.3 is 5.97 Å². The maximum absolute atomic E-state index is 12.1. The molecular weight excluding hydrogens is 274 g/mol. The average Bonchev–Trinajstić information content (AvgIpc) is 2.49. The highest BCUT2D eigenvalue weighted by Crippen LogP contribution is 2.32. The van der Waals surface area contributed by atoms with Crippen molar-refractivity contribution < 1.29 is 19.1 Å². The zero-order chi connectivity index (χ0) is 15.6. The summed E-state index contributed by atoms with van der Waals surface area (Å²) in [5.74, 6) is -0.963. The number of esters is 1. The highest BCUT2D eigenvalue weighted by atomic mass is 16.5. The van der Waals surface area contributed by atoms with Crippen LogP contribution in [0.1, 0.15) is 16.8 Å². The lowest BCUT2D eigenvalue weighted by atomic mass is 10.0. The number of anilines is 2. The number of benzene rings is 1. The van der Waals surface area contributed by atoms with Crippen LogP contribution in [-0.4, -0.2) is 45.0 Å². The molecule has 1 unspecified atom stereocenters. The van der Waals surface area contributed by atoms with Gasteiger partial charge in [0.25, 0.3) is 0 Å². The van der Waals surface area contributed by atoms with Gasteiger partial charge in [-0.2, -0.15) is 0 Å². The average molecular weight is 291 g/mol. The molecule has 0 aliphatic carbocycles. The molecule has 1 aliphatic heterocycles. The van der Waals surface area contributed by atoms with Crippen molar-refractivity contribution in [3.8, 4) is 0 Å².